The zero-order chi connectivity index (χ0) is 19.1. The van der Waals surface area contributed by atoms with E-state index in [4.69, 9.17) is 11.6 Å². The van der Waals surface area contributed by atoms with Gasteiger partial charge < -0.3 is 15.5 Å². The number of fused-ring (bicyclic) bond motifs is 1. The van der Waals surface area contributed by atoms with Crippen LogP contribution in [0.3, 0.4) is 0 Å². The fourth-order valence-corrected chi connectivity index (χ4v) is 3.25. The summed E-state index contributed by atoms with van der Waals surface area (Å²) in [6.07, 6.45) is 1.31. The summed E-state index contributed by atoms with van der Waals surface area (Å²) in [5.41, 5.74) is 3.65. The topological polar surface area (TPSA) is 56.7 Å². The third kappa shape index (κ3) is 6.38. The van der Waals surface area contributed by atoms with Crippen LogP contribution in [0.4, 0.5) is 0 Å². The maximum atomic E-state index is 12.4. The van der Waals surface area contributed by atoms with Gasteiger partial charge in [0.25, 0.3) is 0 Å². The lowest BCUT2D eigenvalue weighted by molar-refractivity contribution is -0.131. The number of aliphatic imine (C=N–C) groups is 1. The molecular weight excluding hydrogens is 487 g/mol. The lowest BCUT2D eigenvalue weighted by Gasteiger charge is -2.16. The molecule has 28 heavy (non-hydrogen) atoms. The molecule has 150 valence electrons. The predicted molar refractivity (Wildman–Crippen MR) is 125 cm³/mol. The molecule has 0 aromatic heterocycles. The first-order chi connectivity index (χ1) is 13.2. The molecule has 1 amide bonds. The van der Waals surface area contributed by atoms with Crippen molar-refractivity contribution in [1.82, 2.24) is 15.5 Å². The lowest BCUT2D eigenvalue weighted by atomic mass is 10.1. The molecule has 0 unspecified atom stereocenters. The molecule has 2 aromatic carbocycles. The van der Waals surface area contributed by atoms with E-state index in [1.165, 1.54) is 11.1 Å². The normalized spacial score (nSPS) is 12.9. The smallest absolute Gasteiger partial charge is 0.223 e. The summed E-state index contributed by atoms with van der Waals surface area (Å²) in [4.78, 5) is 18.6. The Bertz CT molecular complexity index is 785. The molecule has 5 nitrogen and oxygen atoms in total. The Kier molecular flexibility index (Phi) is 9.05. The summed E-state index contributed by atoms with van der Waals surface area (Å²) in [6.45, 7) is 2.83. The number of nitrogens with zero attached hydrogens (tertiary/aromatic N) is 2. The number of carbonyl (C=O) groups is 1. The molecule has 3 rings (SSSR count). The van der Waals surface area contributed by atoms with Crippen molar-refractivity contribution in [3.8, 4) is 0 Å². The van der Waals surface area contributed by atoms with Crippen LogP contribution in [0.2, 0.25) is 5.02 Å². The van der Waals surface area contributed by atoms with E-state index in [2.05, 4.69) is 27.8 Å². The molecule has 0 saturated carbocycles. The van der Waals surface area contributed by atoms with Gasteiger partial charge >= 0.3 is 0 Å². The molecule has 2 aromatic rings. The molecule has 1 aliphatic heterocycles. The molecule has 2 N–H and O–H groups in total. The van der Waals surface area contributed by atoms with E-state index in [1.54, 1.807) is 7.05 Å². The van der Waals surface area contributed by atoms with E-state index in [-0.39, 0.29) is 29.9 Å². The standard InChI is InChI=1S/C21H25ClN4O.HI/c1-23-21(25-13-16-8-10-19(22)11-9-16)24-12-4-7-20(27)26-14-17-5-2-3-6-18(17)15-26;/h2-3,5-6,8-11H,4,7,12-15H2,1H3,(H2,23,24,25);1H. The largest absolute Gasteiger partial charge is 0.356 e. The van der Waals surface area contributed by atoms with Crippen molar-refractivity contribution in [2.75, 3.05) is 13.6 Å². The van der Waals surface area contributed by atoms with Crippen LogP contribution in [0.1, 0.15) is 29.5 Å². The van der Waals surface area contributed by atoms with E-state index in [0.29, 0.717) is 19.5 Å². The summed E-state index contributed by atoms with van der Waals surface area (Å²) in [7, 11) is 1.74. The summed E-state index contributed by atoms with van der Waals surface area (Å²) in [5.74, 6) is 0.933. The van der Waals surface area contributed by atoms with Crippen molar-refractivity contribution in [2.24, 2.45) is 4.99 Å². The number of guanidine groups is 1. The van der Waals surface area contributed by atoms with E-state index in [9.17, 15) is 4.79 Å². The van der Waals surface area contributed by atoms with E-state index < -0.39 is 0 Å². The summed E-state index contributed by atoms with van der Waals surface area (Å²) in [6, 6.07) is 16.0. The van der Waals surface area contributed by atoms with Crippen molar-refractivity contribution in [2.45, 2.75) is 32.5 Å². The van der Waals surface area contributed by atoms with E-state index in [0.717, 1.165) is 36.1 Å². The molecular formula is C21H26ClIN4O. The Morgan fingerprint density at radius 1 is 1.07 bits per heavy atom. The molecule has 0 atom stereocenters. The van der Waals surface area contributed by atoms with Crippen LogP contribution in [0.5, 0.6) is 0 Å². The van der Waals surface area contributed by atoms with Crippen LogP contribution in [0.25, 0.3) is 0 Å². The first-order valence-corrected chi connectivity index (χ1v) is 9.57. The fourth-order valence-electron chi connectivity index (χ4n) is 3.12. The van der Waals surface area contributed by atoms with E-state index in [1.807, 2.05) is 41.3 Å². The average Bonchev–Trinajstić information content (AvgIpc) is 3.13. The molecule has 1 aliphatic rings. The fraction of sp³-hybridized carbons (Fsp3) is 0.333. The van der Waals surface area contributed by atoms with Gasteiger partial charge in [-0.2, -0.15) is 0 Å². The summed E-state index contributed by atoms with van der Waals surface area (Å²) >= 11 is 5.90. The van der Waals surface area contributed by atoms with Crippen LogP contribution in [-0.4, -0.2) is 30.4 Å². The van der Waals surface area contributed by atoms with Gasteiger partial charge in [-0.25, -0.2) is 0 Å². The third-order valence-corrected chi connectivity index (χ3v) is 4.90. The second-order valence-electron chi connectivity index (χ2n) is 6.60. The van der Waals surface area contributed by atoms with Crippen molar-refractivity contribution in [3.63, 3.8) is 0 Å². The maximum Gasteiger partial charge on any atom is 0.223 e. The summed E-state index contributed by atoms with van der Waals surface area (Å²) < 4.78 is 0. The number of amides is 1. The lowest BCUT2D eigenvalue weighted by Crippen LogP contribution is -2.37. The maximum absolute atomic E-state index is 12.4. The van der Waals surface area contributed by atoms with E-state index >= 15 is 0 Å². The number of carbonyl (C=O) groups excluding carboxylic acids is 1. The molecule has 7 heteroatoms. The van der Waals surface area contributed by atoms with Gasteiger partial charge in [-0.15, -0.1) is 24.0 Å². The minimum Gasteiger partial charge on any atom is -0.356 e. The zero-order valence-corrected chi connectivity index (χ0v) is 19.0. The average molecular weight is 513 g/mol. The number of nitrogens with one attached hydrogen (secondary N) is 2. The highest BCUT2D eigenvalue weighted by Gasteiger charge is 2.22. The Morgan fingerprint density at radius 3 is 2.32 bits per heavy atom. The molecule has 0 aliphatic carbocycles. The second kappa shape index (κ2) is 11.3. The quantitative estimate of drug-likeness (QED) is 0.267. The Hall–Kier alpha value is -1.80. The first-order valence-electron chi connectivity index (χ1n) is 9.19. The van der Waals surface area contributed by atoms with Crippen LogP contribution in [0.15, 0.2) is 53.5 Å². The van der Waals surface area contributed by atoms with Crippen molar-refractivity contribution in [1.29, 1.82) is 0 Å². The Labute approximate surface area is 188 Å². The monoisotopic (exact) mass is 512 g/mol. The van der Waals surface area contributed by atoms with Crippen LogP contribution < -0.4 is 10.6 Å². The Morgan fingerprint density at radius 2 is 1.71 bits per heavy atom. The first kappa shape index (κ1) is 22.5. The Balaban J connectivity index is 0.00000280. The SMILES string of the molecule is CN=C(NCCCC(=O)N1Cc2ccccc2C1)NCc1ccc(Cl)cc1.I. The molecule has 0 fully saturated rings. The van der Waals surface area contributed by atoms with Gasteiger partial charge in [-0.3, -0.25) is 9.79 Å². The zero-order valence-electron chi connectivity index (χ0n) is 16.0. The number of halogens is 2. The van der Waals surface area contributed by atoms with Gasteiger partial charge in [-0.05, 0) is 35.2 Å². The van der Waals surface area contributed by atoms with Gasteiger partial charge in [0, 0.05) is 44.7 Å². The molecule has 0 spiro atoms. The number of hydrogen-bond donors (Lipinski definition) is 2. The van der Waals surface area contributed by atoms with Crippen molar-refractivity contribution >= 4 is 47.4 Å². The summed E-state index contributed by atoms with van der Waals surface area (Å²) in [5, 5.41) is 7.25. The second-order valence-corrected chi connectivity index (χ2v) is 7.04. The number of benzene rings is 2. The number of hydrogen-bond acceptors (Lipinski definition) is 2. The van der Waals surface area contributed by atoms with Crippen LogP contribution in [-0.2, 0) is 24.4 Å². The van der Waals surface area contributed by atoms with Gasteiger partial charge in [0.05, 0.1) is 0 Å². The van der Waals surface area contributed by atoms with Crippen LogP contribution in [0, 0.1) is 0 Å². The van der Waals surface area contributed by atoms with Gasteiger partial charge in [0.1, 0.15) is 0 Å². The highest BCUT2D eigenvalue weighted by molar-refractivity contribution is 14.0. The highest BCUT2D eigenvalue weighted by Crippen LogP contribution is 2.22. The van der Waals surface area contributed by atoms with Gasteiger partial charge in [-0.1, -0.05) is 48.0 Å². The van der Waals surface area contributed by atoms with Crippen LogP contribution >= 0.6 is 35.6 Å². The minimum absolute atomic E-state index is 0. The van der Waals surface area contributed by atoms with Crippen molar-refractivity contribution < 1.29 is 4.79 Å². The van der Waals surface area contributed by atoms with Gasteiger partial charge in [0.15, 0.2) is 5.96 Å². The third-order valence-electron chi connectivity index (χ3n) is 4.65. The molecule has 0 radical (unpaired) electrons. The van der Waals surface area contributed by atoms with Crippen molar-refractivity contribution in [3.05, 3.63) is 70.2 Å². The predicted octanol–water partition coefficient (Wildman–Crippen LogP) is 3.95. The van der Waals surface area contributed by atoms with Gasteiger partial charge in [0.2, 0.25) is 5.91 Å². The molecule has 0 saturated heterocycles. The molecule has 0 bridgehead atoms. The molecule has 1 heterocycles. The number of rotatable bonds is 6. The minimum atomic E-state index is 0. The highest BCUT2D eigenvalue weighted by atomic mass is 127.